The Morgan fingerprint density at radius 1 is 1.48 bits per heavy atom. The molecule has 0 saturated carbocycles. The van der Waals surface area contributed by atoms with Crippen LogP contribution in [0.5, 0.6) is 0 Å². The summed E-state index contributed by atoms with van der Waals surface area (Å²) in [6.45, 7) is 1.24. The third kappa shape index (κ3) is 2.87. The van der Waals surface area contributed by atoms with Gasteiger partial charge < -0.3 is 20.5 Å². The van der Waals surface area contributed by atoms with Crippen molar-refractivity contribution >= 4 is 22.7 Å². The molecule has 7 nitrogen and oxygen atoms in total. The number of hydrogen-bond donors (Lipinski definition) is 2. The van der Waals surface area contributed by atoms with Crippen LogP contribution in [-0.4, -0.2) is 36.2 Å². The predicted molar refractivity (Wildman–Crippen MR) is 77.0 cm³/mol. The average Bonchev–Trinajstić information content (AvgIpc) is 2.42. The van der Waals surface area contributed by atoms with Gasteiger partial charge in [-0.05, 0) is 12.1 Å². The Kier molecular flexibility index (Phi) is 4.23. The number of nitrogens with zero attached hydrogens (tertiary/aromatic N) is 2. The van der Waals surface area contributed by atoms with Gasteiger partial charge in [0.1, 0.15) is 5.65 Å². The van der Waals surface area contributed by atoms with Gasteiger partial charge in [-0.25, -0.2) is 4.98 Å². The van der Waals surface area contributed by atoms with Gasteiger partial charge in [-0.1, -0.05) is 0 Å². The minimum atomic E-state index is -1.56. The van der Waals surface area contributed by atoms with E-state index < -0.39 is 17.1 Å². The summed E-state index contributed by atoms with van der Waals surface area (Å²) in [6, 6.07) is 3.30. The van der Waals surface area contributed by atoms with Crippen molar-refractivity contribution in [1.29, 1.82) is 0 Å². The largest absolute Gasteiger partial charge is 0.545 e. The molecule has 0 aliphatic rings. The van der Waals surface area contributed by atoms with Crippen LogP contribution in [0.15, 0.2) is 23.1 Å². The highest BCUT2D eigenvalue weighted by Crippen LogP contribution is 2.20. The zero-order chi connectivity index (χ0) is 15.6. The molecular formula is C14H18N4O3. The van der Waals surface area contributed by atoms with Crippen LogP contribution in [0.4, 0.5) is 5.69 Å². The van der Waals surface area contributed by atoms with Crippen molar-refractivity contribution < 1.29 is 14.8 Å². The second-order valence-corrected chi connectivity index (χ2v) is 5.22. The number of nitrogens with two attached hydrogens (primary N) is 1. The van der Waals surface area contributed by atoms with Crippen LogP contribution < -0.4 is 21.3 Å². The van der Waals surface area contributed by atoms with Crippen LogP contribution in [0.2, 0.25) is 0 Å². The van der Waals surface area contributed by atoms with Crippen molar-refractivity contribution in [3.63, 3.8) is 0 Å². The van der Waals surface area contributed by atoms with Gasteiger partial charge in [0.15, 0.2) is 0 Å². The smallest absolute Gasteiger partial charge is 0.263 e. The van der Waals surface area contributed by atoms with Gasteiger partial charge in [0.05, 0.1) is 37.9 Å². The van der Waals surface area contributed by atoms with Crippen molar-refractivity contribution in [1.82, 2.24) is 9.55 Å². The first-order chi connectivity index (χ1) is 9.93. The molecule has 7 heteroatoms. The molecule has 0 saturated heterocycles. The van der Waals surface area contributed by atoms with E-state index in [0.717, 1.165) is 13.0 Å². The molecule has 0 aliphatic carbocycles. The lowest BCUT2D eigenvalue weighted by Crippen LogP contribution is -3.05. The van der Waals surface area contributed by atoms with E-state index in [4.69, 9.17) is 5.73 Å². The number of carbonyl (C=O) groups excluding carboxylic acids is 1. The number of pyridine rings is 2. The Morgan fingerprint density at radius 2 is 2.19 bits per heavy atom. The van der Waals surface area contributed by atoms with E-state index >= 15 is 0 Å². The highest BCUT2D eigenvalue weighted by Gasteiger charge is 2.16. The third-order valence-corrected chi connectivity index (χ3v) is 3.32. The number of aryl methyl sites for hydroxylation is 1. The van der Waals surface area contributed by atoms with Gasteiger partial charge in [-0.2, -0.15) is 0 Å². The Bertz CT molecular complexity index is 737. The normalized spacial score (nSPS) is 11.2. The van der Waals surface area contributed by atoms with Crippen LogP contribution in [0, 0.1) is 0 Å². The molecule has 0 spiro atoms. The van der Waals surface area contributed by atoms with E-state index in [-0.39, 0.29) is 5.69 Å². The van der Waals surface area contributed by atoms with Crippen LogP contribution in [0.1, 0.15) is 16.8 Å². The van der Waals surface area contributed by atoms with E-state index in [0.29, 0.717) is 17.6 Å². The number of carboxylic acids is 1. The fourth-order valence-electron chi connectivity index (χ4n) is 2.30. The lowest BCUT2D eigenvalue weighted by atomic mass is 10.1. The average molecular weight is 290 g/mol. The molecule has 0 atom stereocenters. The molecule has 0 aromatic carbocycles. The van der Waals surface area contributed by atoms with E-state index in [2.05, 4.69) is 4.98 Å². The first-order valence-corrected chi connectivity index (χ1v) is 6.71. The molecule has 112 valence electrons. The van der Waals surface area contributed by atoms with Gasteiger partial charge in [-0.15, -0.1) is 0 Å². The third-order valence-electron chi connectivity index (χ3n) is 3.32. The molecule has 0 fully saturated rings. The number of quaternary nitrogens is 1. The molecule has 3 N–H and O–H groups in total. The topological polar surface area (TPSA) is 105 Å². The molecule has 21 heavy (non-hydrogen) atoms. The zero-order valence-corrected chi connectivity index (χ0v) is 12.0. The number of nitrogens with one attached hydrogen (secondary N) is 1. The van der Waals surface area contributed by atoms with Crippen LogP contribution in [-0.2, 0) is 6.54 Å². The van der Waals surface area contributed by atoms with E-state index in [1.165, 1.54) is 9.47 Å². The minimum absolute atomic E-state index is 0.0856. The number of aromatic carboxylic acids is 1. The second-order valence-electron chi connectivity index (χ2n) is 5.22. The number of nitrogen functional groups attached to an aromatic ring is 1. The molecule has 0 amide bonds. The maximum atomic E-state index is 12.3. The molecular weight excluding hydrogens is 272 g/mol. The number of anilines is 1. The minimum Gasteiger partial charge on any atom is -0.545 e. The molecule has 0 aliphatic heterocycles. The van der Waals surface area contributed by atoms with Crippen LogP contribution in [0.25, 0.3) is 11.0 Å². The molecule has 2 aromatic heterocycles. The predicted octanol–water partition coefficient (Wildman–Crippen LogP) is -2.12. The SMILES string of the molecule is C[NH+](C)CCCn1c(=O)c(C(=O)[O-])c(N)c2cccnc21. The number of aromatic nitrogens is 2. The molecule has 0 bridgehead atoms. The summed E-state index contributed by atoms with van der Waals surface area (Å²) >= 11 is 0. The number of hydrogen-bond acceptors (Lipinski definition) is 5. The lowest BCUT2D eigenvalue weighted by Gasteiger charge is -2.15. The Labute approximate surface area is 121 Å². The highest BCUT2D eigenvalue weighted by atomic mass is 16.4. The van der Waals surface area contributed by atoms with Gasteiger partial charge in [0.2, 0.25) is 0 Å². The maximum Gasteiger partial charge on any atom is 0.263 e. The summed E-state index contributed by atoms with van der Waals surface area (Å²) in [4.78, 5) is 28.9. The Hall–Kier alpha value is -2.41. The van der Waals surface area contributed by atoms with E-state index in [1.54, 1.807) is 18.3 Å². The molecule has 2 rings (SSSR count). The van der Waals surface area contributed by atoms with Crippen molar-refractivity contribution in [2.24, 2.45) is 0 Å². The molecule has 0 radical (unpaired) electrons. The zero-order valence-electron chi connectivity index (χ0n) is 12.0. The van der Waals surface area contributed by atoms with Crippen molar-refractivity contribution in [3.8, 4) is 0 Å². The summed E-state index contributed by atoms with van der Waals surface area (Å²) in [7, 11) is 4.02. The first-order valence-electron chi connectivity index (χ1n) is 6.71. The van der Waals surface area contributed by atoms with Gasteiger partial charge in [0.25, 0.3) is 5.56 Å². The van der Waals surface area contributed by atoms with E-state index in [9.17, 15) is 14.7 Å². The highest BCUT2D eigenvalue weighted by molar-refractivity contribution is 6.01. The van der Waals surface area contributed by atoms with E-state index in [1.807, 2.05) is 14.1 Å². The quantitative estimate of drug-likeness (QED) is 0.655. The summed E-state index contributed by atoms with van der Waals surface area (Å²) in [6.07, 6.45) is 2.28. The maximum absolute atomic E-state index is 12.3. The fraction of sp³-hybridized carbons (Fsp3) is 0.357. The van der Waals surface area contributed by atoms with Gasteiger partial charge in [0, 0.05) is 24.5 Å². The summed E-state index contributed by atoms with van der Waals surface area (Å²) in [5.74, 6) is -1.56. The number of rotatable bonds is 5. The fourth-order valence-corrected chi connectivity index (χ4v) is 2.30. The van der Waals surface area contributed by atoms with Crippen molar-refractivity contribution in [3.05, 3.63) is 34.2 Å². The summed E-state index contributed by atoms with van der Waals surface area (Å²) < 4.78 is 1.36. The monoisotopic (exact) mass is 290 g/mol. The lowest BCUT2D eigenvalue weighted by molar-refractivity contribution is -0.858. The number of carbonyl (C=O) groups is 1. The second kappa shape index (κ2) is 5.92. The molecule has 2 heterocycles. The number of fused-ring (bicyclic) bond motifs is 1. The molecule has 0 unspecified atom stereocenters. The van der Waals surface area contributed by atoms with Gasteiger partial charge >= 0.3 is 0 Å². The van der Waals surface area contributed by atoms with Crippen LogP contribution in [0.3, 0.4) is 0 Å². The van der Waals surface area contributed by atoms with Crippen LogP contribution >= 0.6 is 0 Å². The Morgan fingerprint density at radius 3 is 2.81 bits per heavy atom. The van der Waals surface area contributed by atoms with Crippen molar-refractivity contribution in [2.75, 3.05) is 26.4 Å². The summed E-state index contributed by atoms with van der Waals surface area (Å²) in [5.41, 5.74) is 4.95. The standard InChI is InChI=1S/C14H18N4O3/c1-17(2)7-4-8-18-12-9(5-3-6-16-12)11(15)10(13(18)19)14(20)21/h3,5-6H,4,7-8,15H2,1-2H3,(H,20,21). The van der Waals surface area contributed by atoms with Crippen molar-refractivity contribution in [2.45, 2.75) is 13.0 Å². The number of carboxylic acid groups (broad SMARTS) is 1. The summed E-state index contributed by atoms with van der Waals surface area (Å²) in [5, 5.41) is 11.6. The first kappa shape index (κ1) is 15.0. The molecule has 2 aromatic rings. The Balaban J connectivity index is 2.62. The van der Waals surface area contributed by atoms with Gasteiger partial charge in [-0.3, -0.25) is 9.36 Å².